The van der Waals surface area contributed by atoms with Gasteiger partial charge in [0.05, 0.1) is 23.9 Å². The van der Waals surface area contributed by atoms with Gasteiger partial charge in [-0.1, -0.05) is 80.1 Å². The minimum atomic E-state index is -0.894. The van der Waals surface area contributed by atoms with E-state index < -0.39 is 35.1 Å². The molecule has 5 amide bonds. The topological polar surface area (TPSA) is 149 Å². The van der Waals surface area contributed by atoms with Crippen molar-refractivity contribution in [1.82, 2.24) is 20.4 Å². The van der Waals surface area contributed by atoms with Gasteiger partial charge in [0.1, 0.15) is 17.6 Å². The van der Waals surface area contributed by atoms with Crippen molar-refractivity contribution in [2.75, 3.05) is 37.4 Å². The van der Waals surface area contributed by atoms with E-state index in [0.717, 1.165) is 41.6 Å². The zero-order valence-electron chi connectivity index (χ0n) is 38.4. The maximum atomic E-state index is 16.3. The molecule has 1 unspecified atom stereocenters. The molecule has 0 radical (unpaired) electrons. The Labute approximate surface area is 405 Å². The lowest BCUT2D eigenvalue weighted by atomic mass is 9.63. The highest BCUT2D eigenvalue weighted by Crippen LogP contribution is 2.60. The fourth-order valence-electron chi connectivity index (χ4n) is 11.7. The molecule has 5 heterocycles. The van der Waals surface area contributed by atoms with E-state index in [0.29, 0.717) is 65.6 Å². The van der Waals surface area contributed by atoms with Crippen molar-refractivity contribution in [2.45, 2.75) is 95.3 Å². The van der Waals surface area contributed by atoms with Crippen LogP contribution in [-0.4, -0.2) is 84.2 Å². The molecular weight excluding hydrogens is 907 g/mol. The Kier molecular flexibility index (Phi) is 11.6. The third kappa shape index (κ3) is 7.98. The van der Waals surface area contributed by atoms with Crippen molar-refractivity contribution in [1.29, 1.82) is 0 Å². The van der Waals surface area contributed by atoms with Crippen LogP contribution in [-0.2, 0) is 26.3 Å². The first-order valence-corrected chi connectivity index (χ1v) is 24.1. The number of rotatable bonds is 7. The number of nitrogens with zero attached hydrogens (tertiary/aromatic N) is 2. The lowest BCUT2D eigenvalue weighted by Crippen LogP contribution is -2.52. The van der Waals surface area contributed by atoms with Crippen molar-refractivity contribution in [3.05, 3.63) is 122 Å². The van der Waals surface area contributed by atoms with Gasteiger partial charge in [-0.2, -0.15) is 0 Å². The fourth-order valence-corrected chi connectivity index (χ4v) is 12.1. The zero-order chi connectivity index (χ0) is 47.9. The molecule has 6 aliphatic rings. The number of halogens is 3. The molecule has 2 spiro atoms. The molecule has 4 aromatic rings. The Morgan fingerprint density at radius 2 is 1.78 bits per heavy atom. The molecule has 1 aliphatic carbocycles. The molecule has 3 saturated heterocycles. The number of likely N-dealkylation sites (tertiary alicyclic amines) is 1. The average molecular weight is 960 g/mol. The zero-order valence-corrected chi connectivity index (χ0v) is 39.9. The van der Waals surface area contributed by atoms with Crippen LogP contribution >= 0.6 is 23.2 Å². The Bertz CT molecular complexity index is 2860. The minimum Gasteiger partial charge on any atom is -0.495 e. The summed E-state index contributed by atoms with van der Waals surface area (Å²) in [6, 6.07) is 19.3. The number of carbonyl (C=O) groups is 5. The first-order valence-electron chi connectivity index (χ1n) is 23.3. The van der Waals surface area contributed by atoms with Crippen LogP contribution in [0.5, 0.6) is 5.75 Å². The summed E-state index contributed by atoms with van der Waals surface area (Å²) in [4.78, 5) is 69.8. The van der Waals surface area contributed by atoms with E-state index in [4.69, 9.17) is 27.9 Å². The van der Waals surface area contributed by atoms with Gasteiger partial charge >= 0.3 is 0 Å². The normalized spacial score (nSPS) is 25.6. The highest BCUT2D eigenvalue weighted by molar-refractivity contribution is 6.31. The largest absolute Gasteiger partial charge is 0.495 e. The number of carbonyl (C=O) groups excluding carboxylic acids is 5. The predicted octanol–water partition coefficient (Wildman–Crippen LogP) is 8.06. The number of benzene rings is 4. The first-order chi connectivity index (χ1) is 32.5. The second-order valence-electron chi connectivity index (χ2n) is 20.5. The summed E-state index contributed by atoms with van der Waals surface area (Å²) in [6.07, 6.45) is 3.69. The SMILES string of the molecule is COc1cc(C(=O)N2CCC3(CC2)C[C@H]3C#Cc2cccc3c2CN(C2CCC(=O)NC2=O)C3=O)ccc1NC(=O)[C@@H]1N[C@@H](CC(C)(C)C)[C@@]2(CNc3cc(Cl)ccc32)[C@H]1c1cccc(Cl)c1F. The smallest absolute Gasteiger partial charge is 0.255 e. The average Bonchev–Trinajstić information content (AvgIpc) is 3.51. The summed E-state index contributed by atoms with van der Waals surface area (Å²) in [6.45, 7) is 8.27. The van der Waals surface area contributed by atoms with Gasteiger partial charge in [0.25, 0.3) is 11.8 Å². The number of ether oxygens (including phenoxy) is 1. The molecule has 15 heteroatoms. The summed E-state index contributed by atoms with van der Waals surface area (Å²) in [7, 11) is 1.49. The van der Waals surface area contributed by atoms with Gasteiger partial charge in [-0.3, -0.25) is 29.3 Å². The van der Waals surface area contributed by atoms with Crippen molar-refractivity contribution in [2.24, 2.45) is 16.7 Å². The first kappa shape index (κ1) is 45.8. The number of hydrogen-bond donors (Lipinski definition) is 4. The number of amides is 5. The predicted molar refractivity (Wildman–Crippen MR) is 257 cm³/mol. The van der Waals surface area contributed by atoms with E-state index in [-0.39, 0.29) is 64.4 Å². The van der Waals surface area contributed by atoms with Crippen LogP contribution in [0.2, 0.25) is 10.0 Å². The lowest BCUT2D eigenvalue weighted by Gasteiger charge is -2.39. The molecule has 4 fully saturated rings. The van der Waals surface area contributed by atoms with Gasteiger partial charge in [-0.05, 0) is 108 Å². The molecule has 6 atom stereocenters. The van der Waals surface area contributed by atoms with E-state index in [1.165, 1.54) is 13.2 Å². The van der Waals surface area contributed by atoms with Gasteiger partial charge in [0.2, 0.25) is 17.7 Å². The molecule has 1 saturated carbocycles. The van der Waals surface area contributed by atoms with Crippen LogP contribution < -0.4 is 26.0 Å². The van der Waals surface area contributed by atoms with E-state index in [1.54, 1.807) is 41.3 Å². The number of hydrogen-bond acceptors (Lipinski definition) is 8. The summed E-state index contributed by atoms with van der Waals surface area (Å²) < 4.78 is 22.1. The van der Waals surface area contributed by atoms with Gasteiger partial charge in [0, 0.05) is 83.3 Å². The van der Waals surface area contributed by atoms with Gasteiger partial charge in [-0.15, -0.1) is 0 Å². The maximum Gasteiger partial charge on any atom is 0.255 e. The molecule has 68 heavy (non-hydrogen) atoms. The van der Waals surface area contributed by atoms with Crippen molar-refractivity contribution in [3.63, 3.8) is 0 Å². The Hall–Kier alpha value is -5.94. The Balaban J connectivity index is 0.830. The maximum absolute atomic E-state index is 16.3. The van der Waals surface area contributed by atoms with E-state index in [9.17, 15) is 24.0 Å². The van der Waals surface area contributed by atoms with E-state index in [1.807, 2.05) is 35.2 Å². The third-order valence-electron chi connectivity index (χ3n) is 15.3. The van der Waals surface area contributed by atoms with Crippen LogP contribution in [0, 0.1) is 34.4 Å². The van der Waals surface area contributed by atoms with Gasteiger partial charge < -0.3 is 30.5 Å². The minimum absolute atomic E-state index is 0.0103. The molecule has 5 aliphatic heterocycles. The number of imide groups is 1. The molecule has 12 nitrogen and oxygen atoms in total. The molecular formula is C53H53Cl2FN6O6. The monoisotopic (exact) mass is 958 g/mol. The van der Waals surface area contributed by atoms with Crippen LogP contribution in [0.25, 0.3) is 0 Å². The summed E-state index contributed by atoms with van der Waals surface area (Å²) in [5.41, 5.74) is 4.13. The fraction of sp³-hybridized carbons (Fsp3) is 0.415. The van der Waals surface area contributed by atoms with Crippen LogP contribution in [0.1, 0.15) is 108 Å². The highest BCUT2D eigenvalue weighted by Gasteiger charge is 2.62. The van der Waals surface area contributed by atoms with Crippen LogP contribution in [0.4, 0.5) is 15.8 Å². The summed E-state index contributed by atoms with van der Waals surface area (Å²) >= 11 is 12.9. The second kappa shape index (κ2) is 17.2. The quantitative estimate of drug-likeness (QED) is 0.108. The molecule has 0 aromatic heterocycles. The molecule has 0 bridgehead atoms. The molecule has 4 N–H and O–H groups in total. The van der Waals surface area contributed by atoms with Crippen LogP contribution in [0.15, 0.2) is 72.8 Å². The number of nitrogens with one attached hydrogen (secondary N) is 4. The van der Waals surface area contributed by atoms with Crippen molar-refractivity contribution in [3.8, 4) is 17.6 Å². The third-order valence-corrected chi connectivity index (χ3v) is 15.8. The lowest BCUT2D eigenvalue weighted by molar-refractivity contribution is -0.137. The number of anilines is 2. The number of methoxy groups -OCH3 is 1. The van der Waals surface area contributed by atoms with Gasteiger partial charge in [-0.25, -0.2) is 4.39 Å². The molecule has 352 valence electrons. The molecule has 10 rings (SSSR count). The van der Waals surface area contributed by atoms with Crippen molar-refractivity contribution < 1.29 is 33.1 Å². The highest BCUT2D eigenvalue weighted by atomic mass is 35.5. The standard InChI is InChI=1S/C53H53Cl2FN6O6/c1-51(2,3)26-42-53(28-57-39-24-32(54)14-15-36(39)53)44(34-9-6-10-37(55)45(34)56)46(59-42)48(65)58-38-16-12-30(23-41(38)68-4)49(66)61-21-19-52(20-22-61)25-31(52)13-11-29-7-5-8-33-35(29)27-62(50(33)67)40-17-18-43(63)60-47(40)64/h5-10,12,14-16,23-24,31,40,42,44,46,57,59H,17-22,25-28H2,1-4H3,(H,58,65)(H,60,63,64)/t31-,40?,42+,44+,46-,53+/m1/s1. The number of piperidine rings is 2. The summed E-state index contributed by atoms with van der Waals surface area (Å²) in [5.74, 6) is 4.53. The Morgan fingerprint density at radius 1 is 1.00 bits per heavy atom. The Morgan fingerprint density at radius 3 is 2.53 bits per heavy atom. The van der Waals surface area contributed by atoms with Gasteiger partial charge in [0.15, 0.2) is 0 Å². The summed E-state index contributed by atoms with van der Waals surface area (Å²) in [5, 5.41) is 13.2. The van der Waals surface area contributed by atoms with Crippen molar-refractivity contribution >= 4 is 64.1 Å². The van der Waals surface area contributed by atoms with Crippen LogP contribution in [0.3, 0.4) is 0 Å². The number of fused-ring (bicyclic) bond motifs is 3. The molecule has 4 aromatic carbocycles. The second-order valence-corrected chi connectivity index (χ2v) is 21.3. The van der Waals surface area contributed by atoms with E-state index >= 15 is 4.39 Å². The van der Waals surface area contributed by atoms with E-state index in [2.05, 4.69) is 53.9 Å².